The Labute approximate surface area is 69.4 Å². The van der Waals surface area contributed by atoms with Crippen LogP contribution < -0.4 is 0 Å². The third-order valence-electron chi connectivity index (χ3n) is 1.70. The number of hydrogen-bond donors (Lipinski definition) is 1. The lowest BCUT2D eigenvalue weighted by Gasteiger charge is -2.27. The molecule has 64 valence electrons. The van der Waals surface area contributed by atoms with Gasteiger partial charge in [0.2, 0.25) is 0 Å². The van der Waals surface area contributed by atoms with E-state index in [-0.39, 0.29) is 5.41 Å². The van der Waals surface area contributed by atoms with Crippen molar-refractivity contribution in [1.29, 1.82) is 0 Å². The van der Waals surface area contributed by atoms with Crippen molar-refractivity contribution in [2.75, 3.05) is 0 Å². The van der Waals surface area contributed by atoms with Crippen LogP contribution in [0.3, 0.4) is 0 Å². The summed E-state index contributed by atoms with van der Waals surface area (Å²) in [6, 6.07) is 0. The van der Waals surface area contributed by atoms with Gasteiger partial charge in [0, 0.05) is 0 Å². The van der Waals surface area contributed by atoms with Crippen LogP contribution >= 0.6 is 0 Å². The Morgan fingerprint density at radius 1 is 1.27 bits per heavy atom. The van der Waals surface area contributed by atoms with E-state index in [0.717, 1.165) is 11.1 Å². The highest BCUT2D eigenvalue weighted by atomic mass is 16.3. The molecule has 0 aliphatic heterocycles. The normalized spacial score (nSPS) is 14.3. The topological polar surface area (TPSA) is 20.2 Å². The van der Waals surface area contributed by atoms with Crippen molar-refractivity contribution in [2.24, 2.45) is 5.41 Å². The Bertz CT molecular complexity index is 172. The predicted octanol–water partition coefficient (Wildman–Crippen LogP) is 2.53. The van der Waals surface area contributed by atoms with Crippen molar-refractivity contribution in [2.45, 2.75) is 33.8 Å². The van der Waals surface area contributed by atoms with Crippen molar-refractivity contribution >= 4 is 0 Å². The first-order valence-corrected chi connectivity index (χ1v) is 3.79. The van der Waals surface area contributed by atoms with Gasteiger partial charge < -0.3 is 5.11 Å². The molecule has 1 heteroatoms. The van der Waals surface area contributed by atoms with Gasteiger partial charge in [0.05, 0.1) is 6.10 Å². The van der Waals surface area contributed by atoms with E-state index in [0.29, 0.717) is 0 Å². The molecule has 0 saturated carbocycles. The van der Waals surface area contributed by atoms with Crippen LogP contribution in [0.1, 0.15) is 27.7 Å². The molecule has 0 heterocycles. The maximum atomic E-state index is 9.66. The number of aliphatic hydroxyl groups excluding tert-OH is 1. The van der Waals surface area contributed by atoms with Crippen molar-refractivity contribution in [3.05, 3.63) is 24.3 Å². The molecule has 0 radical (unpaired) electrons. The number of hydrogen-bond acceptors (Lipinski definition) is 1. The minimum atomic E-state index is -0.486. The molecule has 0 saturated heterocycles. The molecule has 0 spiro atoms. The fourth-order valence-electron chi connectivity index (χ4n) is 0.756. The highest BCUT2D eigenvalue weighted by molar-refractivity contribution is 5.27. The van der Waals surface area contributed by atoms with Crippen LogP contribution in [0.25, 0.3) is 0 Å². The number of aliphatic hydroxyl groups is 1. The lowest BCUT2D eigenvalue weighted by atomic mass is 9.83. The van der Waals surface area contributed by atoms with Crippen LogP contribution in [0.15, 0.2) is 24.3 Å². The number of rotatable bonds is 2. The molecular formula is C10H18O. The maximum absolute atomic E-state index is 9.66. The molecule has 0 aromatic heterocycles. The van der Waals surface area contributed by atoms with Crippen molar-refractivity contribution < 1.29 is 5.11 Å². The first-order chi connectivity index (χ1) is 4.76. The second kappa shape index (κ2) is 3.22. The van der Waals surface area contributed by atoms with Crippen LogP contribution in [0.4, 0.5) is 0 Å². The summed E-state index contributed by atoms with van der Waals surface area (Å²) in [6.45, 7) is 15.3. The van der Waals surface area contributed by atoms with Gasteiger partial charge in [0.15, 0.2) is 0 Å². The van der Waals surface area contributed by atoms with Crippen LogP contribution in [-0.4, -0.2) is 11.2 Å². The molecule has 0 bridgehead atoms. The molecule has 0 aromatic rings. The van der Waals surface area contributed by atoms with E-state index in [1.165, 1.54) is 0 Å². The van der Waals surface area contributed by atoms with Crippen molar-refractivity contribution in [3.8, 4) is 0 Å². The van der Waals surface area contributed by atoms with Gasteiger partial charge in [0.25, 0.3) is 0 Å². The monoisotopic (exact) mass is 154 g/mol. The van der Waals surface area contributed by atoms with Crippen molar-refractivity contribution in [1.82, 2.24) is 0 Å². The standard InChI is InChI=1S/C10H18O/c1-7(2)8(3)9(11)10(4,5)6/h9,11H,1,3H2,2,4-6H3/t9-/m0/s1. The summed E-state index contributed by atoms with van der Waals surface area (Å²) in [5.41, 5.74) is 1.45. The lowest BCUT2D eigenvalue weighted by molar-refractivity contribution is 0.0972. The quantitative estimate of drug-likeness (QED) is 0.606. The average Bonchev–Trinajstić information content (AvgIpc) is 1.82. The Morgan fingerprint density at radius 2 is 1.64 bits per heavy atom. The molecule has 0 aromatic carbocycles. The van der Waals surface area contributed by atoms with Gasteiger partial charge >= 0.3 is 0 Å². The molecular weight excluding hydrogens is 136 g/mol. The molecule has 11 heavy (non-hydrogen) atoms. The van der Waals surface area contributed by atoms with Gasteiger partial charge in [-0.3, -0.25) is 0 Å². The summed E-state index contributed by atoms with van der Waals surface area (Å²) in [4.78, 5) is 0. The minimum Gasteiger partial charge on any atom is -0.388 e. The highest BCUT2D eigenvalue weighted by Gasteiger charge is 2.24. The van der Waals surface area contributed by atoms with E-state index in [4.69, 9.17) is 0 Å². The molecule has 0 aliphatic rings. The first kappa shape index (κ1) is 10.4. The summed E-state index contributed by atoms with van der Waals surface area (Å²) in [7, 11) is 0. The summed E-state index contributed by atoms with van der Waals surface area (Å²) in [5, 5.41) is 9.66. The third kappa shape index (κ3) is 2.89. The zero-order valence-electron chi connectivity index (χ0n) is 7.94. The maximum Gasteiger partial charge on any atom is 0.0834 e. The van der Waals surface area contributed by atoms with Crippen LogP contribution in [0.5, 0.6) is 0 Å². The largest absolute Gasteiger partial charge is 0.388 e. The van der Waals surface area contributed by atoms with Gasteiger partial charge in [0.1, 0.15) is 0 Å². The molecule has 0 amide bonds. The second-order valence-corrected chi connectivity index (χ2v) is 4.07. The smallest absolute Gasteiger partial charge is 0.0834 e. The molecule has 1 atom stereocenters. The highest BCUT2D eigenvalue weighted by Crippen LogP contribution is 2.26. The van der Waals surface area contributed by atoms with Crippen LogP contribution in [0.2, 0.25) is 0 Å². The zero-order valence-corrected chi connectivity index (χ0v) is 7.94. The van der Waals surface area contributed by atoms with Gasteiger partial charge in [-0.15, -0.1) is 0 Å². The Morgan fingerprint density at radius 3 is 1.73 bits per heavy atom. The van der Waals surface area contributed by atoms with Crippen LogP contribution in [-0.2, 0) is 0 Å². The molecule has 1 N–H and O–H groups in total. The summed E-state index contributed by atoms with van der Waals surface area (Å²) >= 11 is 0. The molecule has 1 nitrogen and oxygen atoms in total. The Kier molecular flexibility index (Phi) is 3.06. The molecule has 0 aliphatic carbocycles. The summed E-state index contributed by atoms with van der Waals surface area (Å²) in [5.74, 6) is 0. The molecule has 0 rings (SSSR count). The third-order valence-corrected chi connectivity index (χ3v) is 1.70. The lowest BCUT2D eigenvalue weighted by Crippen LogP contribution is -2.27. The van der Waals surface area contributed by atoms with Gasteiger partial charge in [-0.05, 0) is 17.9 Å². The van der Waals surface area contributed by atoms with Gasteiger partial charge in [-0.25, -0.2) is 0 Å². The first-order valence-electron chi connectivity index (χ1n) is 3.79. The average molecular weight is 154 g/mol. The molecule has 0 fully saturated rings. The van der Waals surface area contributed by atoms with Gasteiger partial charge in [-0.1, -0.05) is 39.5 Å². The Hall–Kier alpha value is -0.560. The predicted molar refractivity (Wildman–Crippen MR) is 49.4 cm³/mol. The molecule has 0 unspecified atom stereocenters. The fraction of sp³-hybridized carbons (Fsp3) is 0.600. The fourth-order valence-corrected chi connectivity index (χ4v) is 0.756. The van der Waals surface area contributed by atoms with E-state index in [9.17, 15) is 5.11 Å². The zero-order chi connectivity index (χ0) is 9.23. The summed E-state index contributed by atoms with van der Waals surface area (Å²) < 4.78 is 0. The van der Waals surface area contributed by atoms with E-state index in [2.05, 4.69) is 13.2 Å². The van der Waals surface area contributed by atoms with Gasteiger partial charge in [-0.2, -0.15) is 0 Å². The van der Waals surface area contributed by atoms with Crippen molar-refractivity contribution in [3.63, 3.8) is 0 Å². The van der Waals surface area contributed by atoms with E-state index < -0.39 is 6.10 Å². The summed E-state index contributed by atoms with van der Waals surface area (Å²) in [6.07, 6.45) is -0.486. The van der Waals surface area contributed by atoms with E-state index in [1.807, 2.05) is 27.7 Å². The second-order valence-electron chi connectivity index (χ2n) is 4.07. The van der Waals surface area contributed by atoms with Crippen LogP contribution in [0, 0.1) is 5.41 Å². The Balaban J connectivity index is 4.38. The van der Waals surface area contributed by atoms with E-state index >= 15 is 0 Å². The minimum absolute atomic E-state index is 0.143. The van der Waals surface area contributed by atoms with E-state index in [1.54, 1.807) is 0 Å². The SMILES string of the molecule is C=C(C)C(=C)[C@H](O)C(C)(C)C.